The van der Waals surface area contributed by atoms with Gasteiger partial charge in [-0.2, -0.15) is 13.2 Å². The second-order valence-corrected chi connectivity index (χ2v) is 6.01. The third-order valence-electron chi connectivity index (χ3n) is 4.47. The van der Waals surface area contributed by atoms with E-state index in [9.17, 15) is 27.9 Å². The number of Topliss-reactive ketones (excluding diaryl/α,β-unsaturated/α-hetero) is 2. The molecule has 1 aromatic heterocycles. The van der Waals surface area contributed by atoms with Crippen LogP contribution < -0.4 is 0 Å². The summed E-state index contributed by atoms with van der Waals surface area (Å²) in [6, 6.07) is 2.29. The summed E-state index contributed by atoms with van der Waals surface area (Å²) in [6.45, 7) is 1.38. The molecule has 7 heteroatoms. The first-order valence-electron chi connectivity index (χ1n) is 7.27. The molecule has 0 aliphatic heterocycles. The van der Waals surface area contributed by atoms with Crippen LogP contribution in [0.2, 0.25) is 0 Å². The smallest absolute Gasteiger partial charge is 0.434 e. The molecule has 2 atom stereocenters. The number of aliphatic hydroxyl groups excluding tert-OH is 1. The average molecular weight is 325 g/mol. The number of rotatable bonds is 2. The maximum Gasteiger partial charge on any atom is 0.434 e. The van der Waals surface area contributed by atoms with E-state index in [1.54, 1.807) is 0 Å². The number of ketones is 2. The van der Waals surface area contributed by atoms with Crippen LogP contribution in [0.1, 0.15) is 41.0 Å². The number of carbonyl (C=O) groups is 2. The fourth-order valence-corrected chi connectivity index (χ4v) is 3.32. The quantitative estimate of drug-likeness (QED) is 0.668. The fourth-order valence-electron chi connectivity index (χ4n) is 3.32. The van der Waals surface area contributed by atoms with E-state index in [2.05, 4.69) is 4.98 Å². The van der Waals surface area contributed by atoms with Crippen molar-refractivity contribution < 1.29 is 27.9 Å². The van der Waals surface area contributed by atoms with Gasteiger partial charge in [-0.1, -0.05) is 0 Å². The number of pyridine rings is 1. The Labute approximate surface area is 130 Å². The molecule has 1 aromatic rings. The molecule has 2 aliphatic rings. The lowest BCUT2D eigenvalue weighted by Crippen LogP contribution is -2.28. The van der Waals surface area contributed by atoms with Crippen molar-refractivity contribution in [3.63, 3.8) is 0 Å². The van der Waals surface area contributed by atoms with Crippen LogP contribution >= 0.6 is 0 Å². The maximum absolute atomic E-state index is 13.1. The van der Waals surface area contributed by atoms with Gasteiger partial charge in [0.15, 0.2) is 11.5 Å². The van der Waals surface area contributed by atoms with Crippen LogP contribution in [0.25, 0.3) is 0 Å². The molecule has 0 saturated heterocycles. The number of aliphatic hydroxyl groups is 1. The second kappa shape index (κ2) is 5.18. The standard InChI is InChI=1S/C16H14F3NO3/c1-7-2-5-10(15(20-7)16(17,18)19)14(23)11-12(21)8-3-4-9(6-8)13(11)22/h2,5,8-9,21H,3-4,6H2,1H3. The lowest BCUT2D eigenvalue weighted by molar-refractivity contribution is -0.141. The van der Waals surface area contributed by atoms with Gasteiger partial charge in [0.05, 0.1) is 5.56 Å². The van der Waals surface area contributed by atoms with Crippen LogP contribution in [0, 0.1) is 18.8 Å². The van der Waals surface area contributed by atoms with Crippen molar-refractivity contribution in [1.29, 1.82) is 0 Å². The van der Waals surface area contributed by atoms with E-state index < -0.39 is 34.6 Å². The number of allylic oxidation sites excluding steroid dienone is 2. The highest BCUT2D eigenvalue weighted by molar-refractivity contribution is 6.28. The SMILES string of the molecule is Cc1ccc(C(=O)C2=C(O)C3CCC(C3)C2=O)c(C(F)(F)F)n1. The number of hydrogen-bond donors (Lipinski definition) is 1. The molecule has 23 heavy (non-hydrogen) atoms. The van der Waals surface area contributed by atoms with E-state index in [1.807, 2.05) is 0 Å². The molecule has 1 saturated carbocycles. The van der Waals surface area contributed by atoms with Gasteiger partial charge in [-0.3, -0.25) is 9.59 Å². The molecule has 0 spiro atoms. The van der Waals surface area contributed by atoms with Crippen LogP contribution in [0.15, 0.2) is 23.5 Å². The molecule has 0 aromatic carbocycles. The summed E-state index contributed by atoms with van der Waals surface area (Å²) in [7, 11) is 0. The molecule has 0 amide bonds. The molecule has 1 N–H and O–H groups in total. The zero-order valence-corrected chi connectivity index (χ0v) is 12.3. The minimum Gasteiger partial charge on any atom is -0.511 e. The van der Waals surface area contributed by atoms with Crippen LogP contribution in [0.4, 0.5) is 13.2 Å². The Balaban J connectivity index is 2.11. The van der Waals surface area contributed by atoms with Crippen molar-refractivity contribution in [2.75, 3.05) is 0 Å². The first-order chi connectivity index (χ1) is 10.7. The topological polar surface area (TPSA) is 67.3 Å². The number of aromatic nitrogens is 1. The fraction of sp³-hybridized carbons (Fsp3) is 0.438. The number of nitrogens with zero attached hydrogens (tertiary/aromatic N) is 1. The highest BCUT2D eigenvalue weighted by Gasteiger charge is 2.45. The highest BCUT2D eigenvalue weighted by Crippen LogP contribution is 2.43. The Kier molecular flexibility index (Phi) is 3.54. The molecule has 2 bridgehead atoms. The number of hydrogen-bond acceptors (Lipinski definition) is 4. The zero-order chi connectivity index (χ0) is 16.9. The van der Waals surface area contributed by atoms with Crippen molar-refractivity contribution in [1.82, 2.24) is 4.98 Å². The number of fused-ring (bicyclic) bond motifs is 2. The van der Waals surface area contributed by atoms with Gasteiger partial charge in [0.1, 0.15) is 11.3 Å². The first-order valence-corrected chi connectivity index (χ1v) is 7.27. The highest BCUT2D eigenvalue weighted by atomic mass is 19.4. The third kappa shape index (κ3) is 2.54. The molecular formula is C16H14F3NO3. The predicted molar refractivity (Wildman–Crippen MR) is 73.8 cm³/mol. The molecular weight excluding hydrogens is 311 g/mol. The summed E-state index contributed by atoms with van der Waals surface area (Å²) in [6.07, 6.45) is -3.25. The molecule has 1 heterocycles. The van der Waals surface area contributed by atoms with E-state index in [1.165, 1.54) is 13.0 Å². The number of halogens is 3. The minimum atomic E-state index is -4.82. The van der Waals surface area contributed by atoms with Gasteiger partial charge >= 0.3 is 6.18 Å². The Hall–Kier alpha value is -2.18. The Morgan fingerprint density at radius 1 is 1.26 bits per heavy atom. The number of aryl methyl sites for hydroxylation is 1. The minimum absolute atomic E-state index is 0.113. The van der Waals surface area contributed by atoms with Gasteiger partial charge in [-0.05, 0) is 38.3 Å². The largest absolute Gasteiger partial charge is 0.511 e. The van der Waals surface area contributed by atoms with Crippen LogP contribution in [0.5, 0.6) is 0 Å². The van der Waals surface area contributed by atoms with Crippen molar-refractivity contribution in [3.8, 4) is 0 Å². The Morgan fingerprint density at radius 3 is 2.57 bits per heavy atom. The molecule has 2 unspecified atom stereocenters. The Bertz CT molecular complexity index is 737. The first kappa shape index (κ1) is 15.7. The second-order valence-electron chi connectivity index (χ2n) is 6.01. The van der Waals surface area contributed by atoms with Gasteiger partial charge < -0.3 is 5.11 Å². The van der Waals surface area contributed by atoms with Gasteiger partial charge in [0.25, 0.3) is 0 Å². The van der Waals surface area contributed by atoms with E-state index in [4.69, 9.17) is 0 Å². The number of carbonyl (C=O) groups excluding carboxylic acids is 2. The van der Waals surface area contributed by atoms with Crippen molar-refractivity contribution >= 4 is 11.6 Å². The lowest BCUT2D eigenvalue weighted by atomic mass is 9.83. The normalized spacial score (nSPS) is 24.3. The molecule has 0 radical (unpaired) electrons. The van der Waals surface area contributed by atoms with Crippen LogP contribution in [-0.4, -0.2) is 21.7 Å². The predicted octanol–water partition coefficient (Wildman–Crippen LogP) is 3.40. The zero-order valence-electron chi connectivity index (χ0n) is 12.3. The van der Waals surface area contributed by atoms with Crippen molar-refractivity contribution in [2.24, 2.45) is 11.8 Å². The van der Waals surface area contributed by atoms with Crippen LogP contribution in [0.3, 0.4) is 0 Å². The lowest BCUT2D eigenvalue weighted by Gasteiger charge is -2.21. The Morgan fingerprint density at radius 2 is 1.91 bits per heavy atom. The maximum atomic E-state index is 13.1. The van der Waals surface area contributed by atoms with Gasteiger partial charge in [-0.25, -0.2) is 4.98 Å². The van der Waals surface area contributed by atoms with Gasteiger partial charge in [0.2, 0.25) is 5.78 Å². The van der Waals surface area contributed by atoms with Crippen LogP contribution in [-0.2, 0) is 11.0 Å². The van der Waals surface area contributed by atoms with Gasteiger partial charge in [0, 0.05) is 17.5 Å². The molecule has 2 aliphatic carbocycles. The van der Waals surface area contributed by atoms with Crippen molar-refractivity contribution in [3.05, 3.63) is 40.4 Å². The van der Waals surface area contributed by atoms with Gasteiger partial charge in [-0.15, -0.1) is 0 Å². The van der Waals surface area contributed by atoms with E-state index in [0.717, 1.165) is 6.07 Å². The molecule has 4 nitrogen and oxygen atoms in total. The monoisotopic (exact) mass is 325 g/mol. The third-order valence-corrected chi connectivity index (χ3v) is 4.47. The summed E-state index contributed by atoms with van der Waals surface area (Å²) < 4.78 is 39.4. The van der Waals surface area contributed by atoms with E-state index in [0.29, 0.717) is 19.3 Å². The van der Waals surface area contributed by atoms with E-state index >= 15 is 0 Å². The molecule has 3 rings (SSSR count). The number of alkyl halides is 3. The average Bonchev–Trinajstić information content (AvgIpc) is 2.91. The summed E-state index contributed by atoms with van der Waals surface area (Å²) in [5, 5.41) is 10.1. The summed E-state index contributed by atoms with van der Waals surface area (Å²) in [5.74, 6) is -2.73. The molecule has 122 valence electrons. The summed E-state index contributed by atoms with van der Waals surface area (Å²) >= 11 is 0. The van der Waals surface area contributed by atoms with Crippen molar-refractivity contribution in [2.45, 2.75) is 32.4 Å². The molecule has 1 fully saturated rings. The summed E-state index contributed by atoms with van der Waals surface area (Å²) in [5.41, 5.74) is -2.41. The summed E-state index contributed by atoms with van der Waals surface area (Å²) in [4.78, 5) is 28.2. The van der Waals surface area contributed by atoms with E-state index in [-0.39, 0.29) is 23.3 Å².